The molecule has 18 heavy (non-hydrogen) atoms. The summed E-state index contributed by atoms with van der Waals surface area (Å²) in [6.45, 7) is 7.89. The first-order valence-corrected chi connectivity index (χ1v) is 8.07. The molecule has 1 aromatic rings. The first-order valence-electron chi connectivity index (χ1n) is 6.12. The van der Waals surface area contributed by atoms with E-state index in [1.807, 2.05) is 20.9 Å². The molecule has 0 aliphatic carbocycles. The van der Waals surface area contributed by atoms with Crippen molar-refractivity contribution in [1.82, 2.24) is 5.32 Å². The van der Waals surface area contributed by atoms with Crippen LogP contribution in [-0.4, -0.2) is 27.0 Å². The van der Waals surface area contributed by atoms with E-state index in [-0.39, 0.29) is 6.04 Å². The maximum absolute atomic E-state index is 11.8. The molecule has 1 aromatic carbocycles. The van der Waals surface area contributed by atoms with Gasteiger partial charge in [-0.05, 0) is 51.4 Å². The molecule has 1 rings (SSSR count). The Labute approximate surface area is 111 Å². The van der Waals surface area contributed by atoms with E-state index in [0.29, 0.717) is 0 Å². The predicted octanol–water partition coefficient (Wildman–Crippen LogP) is 2.31. The Hall–Kier alpha value is -0.870. The molecule has 3 nitrogen and oxygen atoms in total. The molecule has 0 saturated heterocycles. The highest BCUT2D eigenvalue weighted by atomic mass is 32.2. The SMILES string of the molecule is CNC(c1c(C)cc(C)cc1C)C(C)S(C)(=O)=O. The van der Waals surface area contributed by atoms with Crippen molar-refractivity contribution in [1.29, 1.82) is 0 Å². The zero-order chi connectivity index (χ0) is 14.1. The lowest BCUT2D eigenvalue weighted by atomic mass is 9.92. The highest BCUT2D eigenvalue weighted by Gasteiger charge is 2.28. The summed E-state index contributed by atoms with van der Waals surface area (Å²) in [5, 5.41) is 2.70. The highest BCUT2D eigenvalue weighted by molar-refractivity contribution is 7.91. The Morgan fingerprint density at radius 3 is 1.89 bits per heavy atom. The summed E-state index contributed by atoms with van der Waals surface area (Å²) in [7, 11) is -1.26. The van der Waals surface area contributed by atoms with Crippen LogP contribution in [0.15, 0.2) is 12.1 Å². The molecule has 4 heteroatoms. The molecule has 0 aliphatic heterocycles. The van der Waals surface area contributed by atoms with E-state index in [9.17, 15) is 8.42 Å². The molecule has 0 spiro atoms. The van der Waals surface area contributed by atoms with Gasteiger partial charge in [-0.3, -0.25) is 0 Å². The van der Waals surface area contributed by atoms with Gasteiger partial charge in [0.1, 0.15) is 0 Å². The van der Waals surface area contributed by atoms with Crippen LogP contribution in [0.25, 0.3) is 0 Å². The van der Waals surface area contributed by atoms with Crippen LogP contribution in [0.4, 0.5) is 0 Å². The van der Waals surface area contributed by atoms with Gasteiger partial charge in [0.15, 0.2) is 9.84 Å². The number of nitrogens with one attached hydrogen (secondary N) is 1. The van der Waals surface area contributed by atoms with Crippen LogP contribution in [0.5, 0.6) is 0 Å². The van der Waals surface area contributed by atoms with Gasteiger partial charge in [0, 0.05) is 12.3 Å². The van der Waals surface area contributed by atoms with E-state index in [2.05, 4.69) is 24.4 Å². The van der Waals surface area contributed by atoms with E-state index in [1.165, 1.54) is 11.8 Å². The number of rotatable bonds is 4. The second-order valence-electron chi connectivity index (χ2n) is 5.11. The number of benzene rings is 1. The Morgan fingerprint density at radius 1 is 1.11 bits per heavy atom. The fourth-order valence-electron chi connectivity index (χ4n) is 2.54. The van der Waals surface area contributed by atoms with Gasteiger partial charge < -0.3 is 5.32 Å². The summed E-state index contributed by atoms with van der Waals surface area (Å²) < 4.78 is 23.5. The van der Waals surface area contributed by atoms with Gasteiger partial charge in [0.25, 0.3) is 0 Å². The normalized spacial score (nSPS) is 15.4. The molecule has 0 aromatic heterocycles. The number of aryl methyl sites for hydroxylation is 3. The van der Waals surface area contributed by atoms with E-state index in [4.69, 9.17) is 0 Å². The maximum Gasteiger partial charge on any atom is 0.151 e. The third kappa shape index (κ3) is 3.12. The lowest BCUT2D eigenvalue weighted by Gasteiger charge is -2.26. The van der Waals surface area contributed by atoms with Crippen LogP contribution in [-0.2, 0) is 9.84 Å². The summed E-state index contributed by atoms with van der Waals surface area (Å²) in [5.74, 6) is 0. The van der Waals surface area contributed by atoms with Crippen LogP contribution in [0, 0.1) is 20.8 Å². The third-order valence-electron chi connectivity index (χ3n) is 3.50. The minimum Gasteiger partial charge on any atom is -0.312 e. The molecule has 0 aliphatic rings. The van der Waals surface area contributed by atoms with Crippen LogP contribution in [0.1, 0.15) is 35.2 Å². The van der Waals surface area contributed by atoms with Crippen molar-refractivity contribution < 1.29 is 8.42 Å². The molecule has 0 bridgehead atoms. The zero-order valence-corrected chi connectivity index (χ0v) is 12.9. The largest absolute Gasteiger partial charge is 0.312 e. The minimum absolute atomic E-state index is 0.166. The standard InChI is InChI=1S/C14H23NO2S/c1-9-7-10(2)13(11(3)8-9)14(15-5)12(4)18(6,16)17/h7-8,12,14-15H,1-6H3. The van der Waals surface area contributed by atoms with Gasteiger partial charge in [-0.25, -0.2) is 8.42 Å². The Kier molecular flexibility index (Phi) is 4.56. The van der Waals surface area contributed by atoms with Crippen molar-refractivity contribution in [2.75, 3.05) is 13.3 Å². The summed E-state index contributed by atoms with van der Waals surface area (Å²) in [4.78, 5) is 0. The fraction of sp³-hybridized carbons (Fsp3) is 0.571. The molecular weight excluding hydrogens is 246 g/mol. The molecule has 0 fully saturated rings. The molecule has 102 valence electrons. The fourth-order valence-corrected chi connectivity index (χ4v) is 3.31. The Morgan fingerprint density at radius 2 is 1.56 bits per heavy atom. The van der Waals surface area contributed by atoms with Gasteiger partial charge in [-0.2, -0.15) is 0 Å². The number of sulfone groups is 1. The van der Waals surface area contributed by atoms with Gasteiger partial charge in [-0.1, -0.05) is 17.7 Å². The average Bonchev–Trinajstić information content (AvgIpc) is 2.20. The second kappa shape index (κ2) is 5.41. The molecule has 0 saturated carbocycles. The number of hydrogen-bond acceptors (Lipinski definition) is 3. The van der Waals surface area contributed by atoms with Crippen molar-refractivity contribution in [3.63, 3.8) is 0 Å². The monoisotopic (exact) mass is 269 g/mol. The van der Waals surface area contributed by atoms with Crippen LogP contribution >= 0.6 is 0 Å². The van der Waals surface area contributed by atoms with Crippen molar-refractivity contribution in [3.05, 3.63) is 34.4 Å². The lowest BCUT2D eigenvalue weighted by Crippen LogP contribution is -2.34. The molecule has 0 amide bonds. The average molecular weight is 269 g/mol. The molecule has 2 atom stereocenters. The summed E-state index contributed by atoms with van der Waals surface area (Å²) >= 11 is 0. The van der Waals surface area contributed by atoms with Gasteiger partial charge in [0.05, 0.1) is 5.25 Å². The minimum atomic E-state index is -3.07. The first kappa shape index (κ1) is 15.2. The van der Waals surface area contributed by atoms with E-state index in [1.54, 1.807) is 6.92 Å². The molecular formula is C14H23NO2S. The second-order valence-corrected chi connectivity index (χ2v) is 7.52. The number of hydrogen-bond donors (Lipinski definition) is 1. The van der Waals surface area contributed by atoms with Crippen molar-refractivity contribution in [2.24, 2.45) is 0 Å². The van der Waals surface area contributed by atoms with E-state index in [0.717, 1.165) is 16.7 Å². The summed E-state index contributed by atoms with van der Waals surface area (Å²) in [6, 6.07) is 4.03. The predicted molar refractivity (Wildman–Crippen MR) is 76.8 cm³/mol. The van der Waals surface area contributed by atoms with E-state index < -0.39 is 15.1 Å². The van der Waals surface area contributed by atoms with Crippen LogP contribution in [0.3, 0.4) is 0 Å². The molecule has 2 unspecified atom stereocenters. The van der Waals surface area contributed by atoms with Gasteiger partial charge in [-0.15, -0.1) is 0 Å². The Balaban J connectivity index is 3.35. The topological polar surface area (TPSA) is 46.2 Å². The smallest absolute Gasteiger partial charge is 0.151 e. The van der Waals surface area contributed by atoms with Crippen molar-refractivity contribution in [3.8, 4) is 0 Å². The van der Waals surface area contributed by atoms with Crippen molar-refractivity contribution in [2.45, 2.75) is 39.0 Å². The molecule has 0 radical (unpaired) electrons. The lowest BCUT2D eigenvalue weighted by molar-refractivity contribution is 0.532. The van der Waals surface area contributed by atoms with Gasteiger partial charge in [0.2, 0.25) is 0 Å². The zero-order valence-electron chi connectivity index (χ0n) is 12.0. The first-order chi connectivity index (χ1) is 8.18. The van der Waals surface area contributed by atoms with Crippen molar-refractivity contribution >= 4 is 9.84 Å². The van der Waals surface area contributed by atoms with Gasteiger partial charge >= 0.3 is 0 Å². The third-order valence-corrected chi connectivity index (χ3v) is 5.13. The van der Waals surface area contributed by atoms with Crippen LogP contribution in [0.2, 0.25) is 0 Å². The van der Waals surface area contributed by atoms with Crippen LogP contribution < -0.4 is 5.32 Å². The Bertz CT molecular complexity index is 512. The van der Waals surface area contributed by atoms with E-state index >= 15 is 0 Å². The summed E-state index contributed by atoms with van der Waals surface area (Å²) in [5.41, 5.74) is 4.58. The quantitative estimate of drug-likeness (QED) is 0.912. The molecule has 1 N–H and O–H groups in total. The highest BCUT2D eigenvalue weighted by Crippen LogP contribution is 2.28. The summed E-state index contributed by atoms with van der Waals surface area (Å²) in [6.07, 6.45) is 1.29. The molecule has 0 heterocycles. The maximum atomic E-state index is 11.8.